The van der Waals surface area contributed by atoms with E-state index < -0.39 is 59.0 Å². The van der Waals surface area contributed by atoms with Crippen LogP contribution in [0, 0.1) is 23.4 Å². The molecule has 1 rings (SSSR count). The molecule has 0 radical (unpaired) electrons. The fourth-order valence-corrected chi connectivity index (χ4v) is 1.87. The Hall–Kier alpha value is -2.72. The van der Waals surface area contributed by atoms with Gasteiger partial charge in [0.05, 0.1) is 18.8 Å². The second-order valence-corrected chi connectivity index (χ2v) is 4.54. The SMILES string of the molecule is CCOC(=O)C(C(=O)OCC)C(=O)c1cc(F)c(F)c(OC(F)F)c1F. The van der Waals surface area contributed by atoms with Crippen LogP contribution in [0.2, 0.25) is 0 Å². The monoisotopic (exact) mass is 384 g/mol. The van der Waals surface area contributed by atoms with E-state index in [4.69, 9.17) is 0 Å². The maximum atomic E-state index is 14.2. The lowest BCUT2D eigenvalue weighted by Gasteiger charge is -2.15. The van der Waals surface area contributed by atoms with Crippen LogP contribution in [-0.4, -0.2) is 37.5 Å². The van der Waals surface area contributed by atoms with Gasteiger partial charge in [0.1, 0.15) is 0 Å². The molecular weight excluding hydrogens is 371 g/mol. The molecule has 0 amide bonds. The van der Waals surface area contributed by atoms with Gasteiger partial charge in [-0.15, -0.1) is 0 Å². The van der Waals surface area contributed by atoms with Crippen LogP contribution in [0.3, 0.4) is 0 Å². The summed E-state index contributed by atoms with van der Waals surface area (Å²) in [7, 11) is 0. The van der Waals surface area contributed by atoms with E-state index in [2.05, 4.69) is 14.2 Å². The third-order valence-electron chi connectivity index (χ3n) is 2.90. The molecule has 0 aliphatic carbocycles. The number of esters is 2. The first-order valence-corrected chi connectivity index (χ1v) is 7.15. The van der Waals surface area contributed by atoms with Crippen LogP contribution in [0.15, 0.2) is 6.07 Å². The van der Waals surface area contributed by atoms with Gasteiger partial charge in [-0.2, -0.15) is 13.2 Å². The number of ketones is 1. The summed E-state index contributed by atoms with van der Waals surface area (Å²) in [4.78, 5) is 36.0. The van der Waals surface area contributed by atoms with E-state index in [0.717, 1.165) is 0 Å². The highest BCUT2D eigenvalue weighted by atomic mass is 19.3. The summed E-state index contributed by atoms with van der Waals surface area (Å²) >= 11 is 0. The van der Waals surface area contributed by atoms with E-state index in [1.807, 2.05) is 0 Å². The molecule has 0 atom stereocenters. The Morgan fingerprint density at radius 2 is 1.46 bits per heavy atom. The summed E-state index contributed by atoms with van der Waals surface area (Å²) in [5.74, 6) is -14.8. The summed E-state index contributed by atoms with van der Waals surface area (Å²) in [5, 5.41) is 0. The second kappa shape index (κ2) is 9.11. The third-order valence-corrected chi connectivity index (χ3v) is 2.90. The maximum absolute atomic E-state index is 14.2. The van der Waals surface area contributed by atoms with Gasteiger partial charge in [0.15, 0.2) is 17.4 Å². The number of carbonyl (C=O) groups is 3. The zero-order valence-corrected chi connectivity index (χ0v) is 13.5. The van der Waals surface area contributed by atoms with Gasteiger partial charge in [0, 0.05) is 0 Å². The molecule has 0 unspecified atom stereocenters. The summed E-state index contributed by atoms with van der Waals surface area (Å²) in [5.41, 5.74) is -1.36. The molecule has 6 nitrogen and oxygen atoms in total. The molecule has 0 bridgehead atoms. The summed E-state index contributed by atoms with van der Waals surface area (Å²) < 4.78 is 78.2. The van der Waals surface area contributed by atoms with Crippen LogP contribution in [0.5, 0.6) is 5.75 Å². The number of alkyl halides is 2. The smallest absolute Gasteiger partial charge is 0.387 e. The van der Waals surface area contributed by atoms with E-state index in [9.17, 15) is 36.3 Å². The molecule has 144 valence electrons. The van der Waals surface area contributed by atoms with Crippen LogP contribution in [0.4, 0.5) is 22.0 Å². The van der Waals surface area contributed by atoms with Crippen molar-refractivity contribution in [1.82, 2.24) is 0 Å². The number of hydrogen-bond donors (Lipinski definition) is 0. The van der Waals surface area contributed by atoms with Gasteiger partial charge in [-0.25, -0.2) is 8.78 Å². The molecule has 0 aliphatic rings. The fourth-order valence-electron chi connectivity index (χ4n) is 1.87. The quantitative estimate of drug-likeness (QED) is 0.225. The number of carbonyl (C=O) groups excluding carboxylic acids is 3. The Bertz CT molecular complexity index is 688. The van der Waals surface area contributed by atoms with Crippen molar-refractivity contribution < 1.29 is 50.5 Å². The molecule has 1 aromatic carbocycles. The standard InChI is InChI=1S/C15H13F5O6/c1-3-24-13(22)8(14(23)25-4-2)11(21)6-5-7(16)10(18)12(9(6)17)26-15(19)20/h5,8,15H,3-4H2,1-2H3. The van der Waals surface area contributed by atoms with E-state index in [1.54, 1.807) is 0 Å². The van der Waals surface area contributed by atoms with Gasteiger partial charge in [-0.3, -0.25) is 14.4 Å². The molecule has 11 heteroatoms. The van der Waals surface area contributed by atoms with E-state index >= 15 is 0 Å². The summed E-state index contributed by atoms with van der Waals surface area (Å²) in [6.45, 7) is -1.56. The highest BCUT2D eigenvalue weighted by Gasteiger charge is 2.40. The van der Waals surface area contributed by atoms with E-state index in [-0.39, 0.29) is 19.3 Å². The molecule has 0 heterocycles. The lowest BCUT2D eigenvalue weighted by molar-refractivity contribution is -0.158. The van der Waals surface area contributed by atoms with Gasteiger partial charge >= 0.3 is 18.6 Å². The summed E-state index contributed by atoms with van der Waals surface area (Å²) in [6.07, 6.45) is 0. The third kappa shape index (κ3) is 4.67. The lowest BCUT2D eigenvalue weighted by atomic mass is 9.96. The molecule has 0 saturated heterocycles. The molecule has 0 aliphatic heterocycles. The van der Waals surface area contributed by atoms with Gasteiger partial charge in [-0.05, 0) is 19.9 Å². The fraction of sp³-hybridized carbons (Fsp3) is 0.400. The number of halogens is 5. The van der Waals surface area contributed by atoms with Crippen molar-refractivity contribution in [3.05, 3.63) is 29.1 Å². The lowest BCUT2D eigenvalue weighted by Crippen LogP contribution is -2.35. The largest absolute Gasteiger partial charge is 0.465 e. The molecule has 1 aromatic rings. The van der Waals surface area contributed by atoms with Crippen molar-refractivity contribution in [2.75, 3.05) is 13.2 Å². The number of Topliss-reactive ketones (excluding diaryl/α,β-unsaturated/α-hetero) is 1. The van der Waals surface area contributed by atoms with Gasteiger partial charge in [-0.1, -0.05) is 0 Å². The van der Waals surface area contributed by atoms with Gasteiger partial charge in [0.2, 0.25) is 17.5 Å². The van der Waals surface area contributed by atoms with Crippen LogP contribution in [-0.2, 0) is 19.1 Å². The minimum Gasteiger partial charge on any atom is -0.465 e. The summed E-state index contributed by atoms with van der Waals surface area (Å²) in [6, 6.07) is 0.0107. The van der Waals surface area contributed by atoms with Crippen molar-refractivity contribution in [2.45, 2.75) is 20.5 Å². The minimum atomic E-state index is -3.73. The average molecular weight is 384 g/mol. The van der Waals surface area contributed by atoms with Gasteiger partial charge in [0.25, 0.3) is 0 Å². The first-order valence-electron chi connectivity index (χ1n) is 7.15. The van der Waals surface area contributed by atoms with Gasteiger partial charge < -0.3 is 14.2 Å². The Morgan fingerprint density at radius 3 is 1.88 bits per heavy atom. The number of ether oxygens (including phenoxy) is 3. The first kappa shape index (κ1) is 21.3. The van der Waals surface area contributed by atoms with Crippen molar-refractivity contribution in [3.8, 4) is 5.75 Å². The Balaban J connectivity index is 3.45. The van der Waals surface area contributed by atoms with Crippen LogP contribution < -0.4 is 4.74 Å². The average Bonchev–Trinajstić information content (AvgIpc) is 2.55. The molecule has 26 heavy (non-hydrogen) atoms. The normalized spacial score (nSPS) is 10.8. The highest BCUT2D eigenvalue weighted by Crippen LogP contribution is 2.30. The zero-order valence-electron chi connectivity index (χ0n) is 13.5. The molecule has 0 aromatic heterocycles. The van der Waals surface area contributed by atoms with Crippen molar-refractivity contribution in [1.29, 1.82) is 0 Å². The van der Waals surface area contributed by atoms with Crippen LogP contribution in [0.1, 0.15) is 24.2 Å². The predicted molar refractivity (Wildman–Crippen MR) is 74.0 cm³/mol. The van der Waals surface area contributed by atoms with E-state index in [1.165, 1.54) is 13.8 Å². The minimum absolute atomic E-state index is 0.0107. The number of rotatable bonds is 8. The van der Waals surface area contributed by atoms with Crippen molar-refractivity contribution in [2.24, 2.45) is 5.92 Å². The maximum Gasteiger partial charge on any atom is 0.387 e. The Kier molecular flexibility index (Phi) is 7.47. The van der Waals surface area contributed by atoms with Crippen molar-refractivity contribution >= 4 is 17.7 Å². The number of hydrogen-bond acceptors (Lipinski definition) is 6. The Labute approximate surface area is 143 Å². The zero-order chi connectivity index (χ0) is 20.0. The predicted octanol–water partition coefficient (Wildman–Crippen LogP) is 2.63. The molecule has 0 fully saturated rings. The van der Waals surface area contributed by atoms with E-state index in [0.29, 0.717) is 0 Å². The molecule has 0 spiro atoms. The molecule has 0 saturated carbocycles. The molecular formula is C15H13F5O6. The highest BCUT2D eigenvalue weighted by molar-refractivity contribution is 6.21. The second-order valence-electron chi connectivity index (χ2n) is 4.54. The van der Waals surface area contributed by atoms with Crippen LogP contribution in [0.25, 0.3) is 0 Å². The van der Waals surface area contributed by atoms with Crippen LogP contribution >= 0.6 is 0 Å². The first-order chi connectivity index (χ1) is 12.1. The molecule has 0 N–H and O–H groups in total. The van der Waals surface area contributed by atoms with Crippen molar-refractivity contribution in [3.63, 3.8) is 0 Å². The Morgan fingerprint density at radius 1 is 0.962 bits per heavy atom. The number of benzene rings is 1. The topological polar surface area (TPSA) is 78.9 Å².